The lowest BCUT2D eigenvalue weighted by molar-refractivity contribution is 0.352. The lowest BCUT2D eigenvalue weighted by Gasteiger charge is -2.05. The Morgan fingerprint density at radius 1 is 1.69 bits per heavy atom. The van der Waals surface area contributed by atoms with Gasteiger partial charge < -0.3 is 4.74 Å². The summed E-state index contributed by atoms with van der Waals surface area (Å²) in [6.07, 6.45) is 1.69. The van der Waals surface area contributed by atoms with E-state index in [2.05, 4.69) is 11.6 Å². The van der Waals surface area contributed by atoms with E-state index in [1.807, 2.05) is 13.0 Å². The summed E-state index contributed by atoms with van der Waals surface area (Å²) in [6, 6.07) is 3.63. The Balaban J connectivity index is 2.61. The van der Waals surface area contributed by atoms with Crippen molar-refractivity contribution in [2.45, 2.75) is 12.8 Å². The SMILES string of the molecule is C=C(C)COc1ccnc(CCl)c1. The quantitative estimate of drug-likeness (QED) is 0.547. The van der Waals surface area contributed by atoms with E-state index in [4.69, 9.17) is 16.3 Å². The van der Waals surface area contributed by atoms with Crippen molar-refractivity contribution in [2.75, 3.05) is 6.61 Å². The average molecular weight is 198 g/mol. The largest absolute Gasteiger partial charge is 0.489 e. The van der Waals surface area contributed by atoms with Gasteiger partial charge in [-0.25, -0.2) is 0 Å². The van der Waals surface area contributed by atoms with E-state index in [1.165, 1.54) is 0 Å². The Bertz CT molecular complexity index is 299. The number of pyridine rings is 1. The van der Waals surface area contributed by atoms with Crippen LogP contribution in [-0.4, -0.2) is 11.6 Å². The number of hydrogen-bond donors (Lipinski definition) is 0. The highest BCUT2D eigenvalue weighted by molar-refractivity contribution is 6.16. The second-order valence-electron chi connectivity index (χ2n) is 2.86. The highest BCUT2D eigenvalue weighted by Gasteiger charge is 1.96. The summed E-state index contributed by atoms with van der Waals surface area (Å²) in [7, 11) is 0. The molecule has 1 aromatic heterocycles. The molecule has 0 aliphatic heterocycles. The summed E-state index contributed by atoms with van der Waals surface area (Å²) in [5, 5.41) is 0. The van der Waals surface area contributed by atoms with Crippen LogP contribution in [0.1, 0.15) is 12.6 Å². The summed E-state index contributed by atoms with van der Waals surface area (Å²) in [5.74, 6) is 1.19. The highest BCUT2D eigenvalue weighted by Crippen LogP contribution is 2.12. The molecule has 0 fully saturated rings. The van der Waals surface area contributed by atoms with Gasteiger partial charge in [-0.05, 0) is 18.6 Å². The fourth-order valence-corrected chi connectivity index (χ4v) is 0.972. The molecule has 0 saturated carbocycles. The number of halogens is 1. The Morgan fingerprint density at radius 2 is 2.46 bits per heavy atom. The molecule has 0 saturated heterocycles. The van der Waals surface area contributed by atoms with E-state index in [0.29, 0.717) is 12.5 Å². The van der Waals surface area contributed by atoms with Crippen LogP contribution in [0.5, 0.6) is 5.75 Å². The molecule has 70 valence electrons. The second kappa shape index (κ2) is 4.87. The van der Waals surface area contributed by atoms with Crippen molar-refractivity contribution in [3.8, 4) is 5.75 Å². The maximum atomic E-state index is 5.63. The predicted molar refractivity (Wildman–Crippen MR) is 54.1 cm³/mol. The van der Waals surface area contributed by atoms with Gasteiger partial charge in [-0.3, -0.25) is 4.98 Å². The zero-order chi connectivity index (χ0) is 9.68. The molecule has 0 aliphatic carbocycles. The molecule has 0 aliphatic rings. The minimum atomic E-state index is 0.407. The molecule has 0 bridgehead atoms. The van der Waals surface area contributed by atoms with Gasteiger partial charge in [0.15, 0.2) is 0 Å². The summed E-state index contributed by atoms with van der Waals surface area (Å²) in [6.45, 7) is 6.20. The molecule has 0 aromatic carbocycles. The maximum Gasteiger partial charge on any atom is 0.123 e. The number of ether oxygens (including phenoxy) is 1. The molecular weight excluding hydrogens is 186 g/mol. The van der Waals surface area contributed by atoms with Crippen molar-refractivity contribution in [2.24, 2.45) is 0 Å². The molecule has 0 atom stereocenters. The van der Waals surface area contributed by atoms with E-state index in [0.717, 1.165) is 17.0 Å². The van der Waals surface area contributed by atoms with Crippen molar-refractivity contribution < 1.29 is 4.74 Å². The van der Waals surface area contributed by atoms with Crippen LogP contribution in [0.15, 0.2) is 30.5 Å². The van der Waals surface area contributed by atoms with Crippen LogP contribution < -0.4 is 4.74 Å². The molecule has 0 spiro atoms. The minimum Gasteiger partial charge on any atom is -0.489 e. The molecule has 0 radical (unpaired) electrons. The van der Waals surface area contributed by atoms with Gasteiger partial charge in [0.05, 0.1) is 11.6 Å². The molecule has 3 heteroatoms. The molecule has 1 heterocycles. The van der Waals surface area contributed by atoms with Crippen LogP contribution in [0.3, 0.4) is 0 Å². The Hall–Kier alpha value is -1.02. The van der Waals surface area contributed by atoms with Gasteiger partial charge >= 0.3 is 0 Å². The van der Waals surface area contributed by atoms with Gasteiger partial charge in [-0.1, -0.05) is 6.58 Å². The van der Waals surface area contributed by atoms with Gasteiger partial charge in [0, 0.05) is 12.3 Å². The number of rotatable bonds is 4. The molecule has 1 rings (SSSR count). The Labute approximate surface area is 83.2 Å². The van der Waals surface area contributed by atoms with Crippen LogP contribution >= 0.6 is 11.6 Å². The number of hydrogen-bond acceptors (Lipinski definition) is 2. The average Bonchev–Trinajstić information content (AvgIpc) is 2.15. The van der Waals surface area contributed by atoms with Gasteiger partial charge in [0.2, 0.25) is 0 Å². The fourth-order valence-electron chi connectivity index (χ4n) is 0.825. The van der Waals surface area contributed by atoms with Crippen molar-refractivity contribution in [1.29, 1.82) is 0 Å². The van der Waals surface area contributed by atoms with Crippen molar-refractivity contribution in [1.82, 2.24) is 4.98 Å². The summed E-state index contributed by atoms with van der Waals surface area (Å²) < 4.78 is 5.41. The van der Waals surface area contributed by atoms with Crippen LogP contribution in [0.4, 0.5) is 0 Å². The summed E-state index contributed by atoms with van der Waals surface area (Å²) in [5.41, 5.74) is 1.81. The number of nitrogens with zero attached hydrogens (tertiary/aromatic N) is 1. The van der Waals surface area contributed by atoms with Crippen molar-refractivity contribution in [3.05, 3.63) is 36.2 Å². The third kappa shape index (κ3) is 3.47. The molecule has 0 amide bonds. The smallest absolute Gasteiger partial charge is 0.123 e. The third-order valence-corrected chi connectivity index (χ3v) is 1.68. The number of aromatic nitrogens is 1. The van der Waals surface area contributed by atoms with E-state index in [1.54, 1.807) is 12.3 Å². The molecular formula is C10H12ClNO. The Kier molecular flexibility index (Phi) is 3.77. The monoisotopic (exact) mass is 197 g/mol. The lowest BCUT2D eigenvalue weighted by Crippen LogP contribution is -1.98. The second-order valence-corrected chi connectivity index (χ2v) is 3.13. The van der Waals surface area contributed by atoms with Crippen LogP contribution in [-0.2, 0) is 5.88 Å². The van der Waals surface area contributed by atoms with Crippen molar-refractivity contribution >= 4 is 11.6 Å². The Morgan fingerprint density at radius 3 is 3.08 bits per heavy atom. The third-order valence-electron chi connectivity index (χ3n) is 1.41. The van der Waals surface area contributed by atoms with Crippen molar-refractivity contribution in [3.63, 3.8) is 0 Å². The van der Waals surface area contributed by atoms with E-state index in [9.17, 15) is 0 Å². The lowest BCUT2D eigenvalue weighted by atomic mass is 10.3. The van der Waals surface area contributed by atoms with Gasteiger partial charge in [0.25, 0.3) is 0 Å². The molecule has 0 unspecified atom stereocenters. The first-order valence-corrected chi connectivity index (χ1v) is 4.54. The normalized spacial score (nSPS) is 9.69. The maximum absolute atomic E-state index is 5.63. The number of alkyl halides is 1. The standard InChI is InChI=1S/C10H12ClNO/c1-8(2)7-13-10-3-4-12-9(5-10)6-11/h3-5H,1,6-7H2,2H3. The van der Waals surface area contributed by atoms with E-state index < -0.39 is 0 Å². The van der Waals surface area contributed by atoms with Gasteiger partial charge in [-0.2, -0.15) is 0 Å². The molecule has 1 aromatic rings. The first-order chi connectivity index (χ1) is 6.22. The van der Waals surface area contributed by atoms with Crippen LogP contribution in [0.2, 0.25) is 0 Å². The molecule has 2 nitrogen and oxygen atoms in total. The van der Waals surface area contributed by atoms with Crippen LogP contribution in [0, 0.1) is 0 Å². The molecule has 13 heavy (non-hydrogen) atoms. The first kappa shape index (κ1) is 10.1. The zero-order valence-corrected chi connectivity index (χ0v) is 8.34. The van der Waals surface area contributed by atoms with E-state index in [-0.39, 0.29) is 0 Å². The highest BCUT2D eigenvalue weighted by atomic mass is 35.5. The minimum absolute atomic E-state index is 0.407. The summed E-state index contributed by atoms with van der Waals surface area (Å²) >= 11 is 5.63. The fraction of sp³-hybridized carbons (Fsp3) is 0.300. The zero-order valence-electron chi connectivity index (χ0n) is 7.59. The summed E-state index contributed by atoms with van der Waals surface area (Å²) in [4.78, 5) is 4.05. The van der Waals surface area contributed by atoms with Crippen LogP contribution in [0.25, 0.3) is 0 Å². The predicted octanol–water partition coefficient (Wildman–Crippen LogP) is 2.78. The van der Waals surface area contributed by atoms with E-state index >= 15 is 0 Å². The van der Waals surface area contributed by atoms with Gasteiger partial charge in [-0.15, -0.1) is 11.6 Å². The first-order valence-electron chi connectivity index (χ1n) is 4.00. The molecule has 0 N–H and O–H groups in total. The van der Waals surface area contributed by atoms with Gasteiger partial charge in [0.1, 0.15) is 12.4 Å². The topological polar surface area (TPSA) is 22.1 Å².